The monoisotopic (exact) mass is 398 g/mol. The second kappa shape index (κ2) is 10.0. The summed E-state index contributed by atoms with van der Waals surface area (Å²) in [5.74, 6) is 2.18. The maximum absolute atomic E-state index is 12.2. The molecule has 2 fully saturated rings. The van der Waals surface area contributed by atoms with E-state index in [0.717, 1.165) is 42.1 Å². The number of carbonyl (C=O) groups excluding carboxylic acids is 2. The summed E-state index contributed by atoms with van der Waals surface area (Å²) in [4.78, 5) is 23.9. The van der Waals surface area contributed by atoms with Gasteiger partial charge in [-0.25, -0.2) is 4.79 Å². The van der Waals surface area contributed by atoms with Gasteiger partial charge in [-0.1, -0.05) is 12.1 Å². The molecule has 26 heavy (non-hydrogen) atoms. The van der Waals surface area contributed by atoms with Crippen molar-refractivity contribution in [2.24, 2.45) is 0 Å². The molecule has 0 aromatic heterocycles. The lowest BCUT2D eigenvalue weighted by molar-refractivity contribution is -0.122. The zero-order valence-corrected chi connectivity index (χ0v) is 16.6. The zero-order valence-electron chi connectivity index (χ0n) is 14.9. The van der Waals surface area contributed by atoms with Crippen molar-refractivity contribution in [1.29, 1.82) is 0 Å². The molecule has 3 rings (SSSR count). The standard InChI is InChI=1S/C18H26N4O2S.ClH/c1-12(20-17(23)10-16-11-25-9-8-19-16)13-2-4-14(5-3-13)21-18(24)22-15-6-7-15;/h2-5,12,15-16,19H,6-11H2,1H3,(H,20,23)(H2,21,22,24);1H. The summed E-state index contributed by atoms with van der Waals surface area (Å²) in [5.41, 5.74) is 1.77. The highest BCUT2D eigenvalue weighted by Gasteiger charge is 2.23. The van der Waals surface area contributed by atoms with E-state index >= 15 is 0 Å². The van der Waals surface area contributed by atoms with Crippen molar-refractivity contribution >= 4 is 41.8 Å². The molecular formula is C18H27ClN4O2S. The van der Waals surface area contributed by atoms with Crippen LogP contribution in [0.15, 0.2) is 24.3 Å². The number of rotatable bonds is 6. The Bertz CT molecular complexity index is 604. The molecule has 6 nitrogen and oxygen atoms in total. The molecule has 0 bridgehead atoms. The molecule has 1 heterocycles. The lowest BCUT2D eigenvalue weighted by atomic mass is 10.1. The van der Waals surface area contributed by atoms with Crippen LogP contribution in [0.25, 0.3) is 0 Å². The van der Waals surface area contributed by atoms with Gasteiger partial charge in [0.1, 0.15) is 0 Å². The van der Waals surface area contributed by atoms with Gasteiger partial charge >= 0.3 is 6.03 Å². The molecule has 1 aromatic carbocycles. The predicted octanol–water partition coefficient (Wildman–Crippen LogP) is 2.66. The van der Waals surface area contributed by atoms with Crippen molar-refractivity contribution in [3.8, 4) is 0 Å². The van der Waals surface area contributed by atoms with Crippen molar-refractivity contribution in [1.82, 2.24) is 16.0 Å². The minimum atomic E-state index is -0.158. The third-order valence-electron chi connectivity index (χ3n) is 4.39. The van der Waals surface area contributed by atoms with E-state index in [1.807, 2.05) is 43.0 Å². The van der Waals surface area contributed by atoms with Crippen molar-refractivity contribution < 1.29 is 9.59 Å². The summed E-state index contributed by atoms with van der Waals surface area (Å²) in [6.07, 6.45) is 2.65. The summed E-state index contributed by atoms with van der Waals surface area (Å²) in [6, 6.07) is 7.99. The number of nitrogens with one attached hydrogen (secondary N) is 4. The highest BCUT2D eigenvalue weighted by molar-refractivity contribution is 7.99. The second-order valence-corrected chi connectivity index (χ2v) is 7.86. The molecule has 144 valence electrons. The van der Waals surface area contributed by atoms with Crippen LogP contribution in [0, 0.1) is 0 Å². The van der Waals surface area contributed by atoms with E-state index < -0.39 is 0 Å². The highest BCUT2D eigenvalue weighted by atomic mass is 35.5. The Labute approximate surface area is 165 Å². The summed E-state index contributed by atoms with van der Waals surface area (Å²) in [7, 11) is 0. The quantitative estimate of drug-likeness (QED) is 0.593. The van der Waals surface area contributed by atoms with Gasteiger partial charge < -0.3 is 21.3 Å². The van der Waals surface area contributed by atoms with Gasteiger partial charge in [0.25, 0.3) is 0 Å². The largest absolute Gasteiger partial charge is 0.350 e. The van der Waals surface area contributed by atoms with Gasteiger partial charge in [-0.3, -0.25) is 4.79 Å². The Morgan fingerprint density at radius 3 is 2.62 bits per heavy atom. The highest BCUT2D eigenvalue weighted by Crippen LogP contribution is 2.20. The number of thioether (sulfide) groups is 1. The predicted molar refractivity (Wildman–Crippen MR) is 109 cm³/mol. The van der Waals surface area contributed by atoms with E-state index in [4.69, 9.17) is 0 Å². The first kappa shape index (κ1) is 20.9. The number of anilines is 1. The molecule has 0 spiro atoms. The van der Waals surface area contributed by atoms with Crippen LogP contribution in [-0.4, -0.2) is 42.1 Å². The number of hydrogen-bond acceptors (Lipinski definition) is 4. The summed E-state index contributed by atoms with van der Waals surface area (Å²) in [6.45, 7) is 2.95. The molecular weight excluding hydrogens is 372 g/mol. The number of urea groups is 1. The van der Waals surface area contributed by atoms with Crippen LogP contribution in [-0.2, 0) is 4.79 Å². The number of benzene rings is 1. The molecule has 1 aliphatic heterocycles. The lowest BCUT2D eigenvalue weighted by Gasteiger charge is -2.23. The van der Waals surface area contributed by atoms with Crippen molar-refractivity contribution in [3.05, 3.63) is 29.8 Å². The first-order valence-electron chi connectivity index (χ1n) is 8.88. The number of hydrogen-bond donors (Lipinski definition) is 4. The van der Waals surface area contributed by atoms with Crippen LogP contribution in [0.3, 0.4) is 0 Å². The third-order valence-corrected chi connectivity index (χ3v) is 5.52. The van der Waals surface area contributed by atoms with Gasteiger partial charge in [-0.15, -0.1) is 12.4 Å². The van der Waals surface area contributed by atoms with Crippen LogP contribution in [0.4, 0.5) is 10.5 Å². The van der Waals surface area contributed by atoms with E-state index in [1.165, 1.54) is 0 Å². The maximum atomic E-state index is 12.2. The Kier molecular flexibility index (Phi) is 8.06. The molecule has 1 aromatic rings. The van der Waals surface area contributed by atoms with E-state index in [2.05, 4.69) is 21.3 Å². The summed E-state index contributed by atoms with van der Waals surface area (Å²) >= 11 is 1.89. The summed E-state index contributed by atoms with van der Waals surface area (Å²) < 4.78 is 0. The van der Waals surface area contributed by atoms with E-state index in [9.17, 15) is 9.59 Å². The maximum Gasteiger partial charge on any atom is 0.319 e. The molecule has 2 unspecified atom stereocenters. The first-order chi connectivity index (χ1) is 12.1. The van der Waals surface area contributed by atoms with E-state index in [-0.39, 0.29) is 36.4 Å². The number of carbonyl (C=O) groups is 2. The fraction of sp³-hybridized carbons (Fsp3) is 0.556. The molecule has 3 amide bonds. The third kappa shape index (κ3) is 6.70. The SMILES string of the molecule is CC(NC(=O)CC1CSCCN1)c1ccc(NC(=O)NC2CC2)cc1.Cl. The van der Waals surface area contributed by atoms with Gasteiger partial charge in [0.05, 0.1) is 6.04 Å². The molecule has 0 radical (unpaired) electrons. The molecule has 1 saturated heterocycles. The van der Waals surface area contributed by atoms with Crippen LogP contribution < -0.4 is 21.3 Å². The smallest absolute Gasteiger partial charge is 0.319 e. The van der Waals surface area contributed by atoms with Crippen LogP contribution in [0.1, 0.15) is 37.8 Å². The molecule has 1 saturated carbocycles. The zero-order chi connectivity index (χ0) is 17.6. The Hall–Kier alpha value is -1.44. The number of halogens is 1. The number of amides is 3. The molecule has 2 atom stereocenters. The Morgan fingerprint density at radius 2 is 2.00 bits per heavy atom. The van der Waals surface area contributed by atoms with Crippen molar-refractivity contribution in [2.45, 2.75) is 44.3 Å². The van der Waals surface area contributed by atoms with Gasteiger partial charge in [0.15, 0.2) is 0 Å². The normalized spacial score (nSPS) is 20.4. The van der Waals surface area contributed by atoms with Crippen LogP contribution in [0.2, 0.25) is 0 Å². The van der Waals surface area contributed by atoms with E-state index in [0.29, 0.717) is 12.5 Å². The molecule has 2 aliphatic rings. The lowest BCUT2D eigenvalue weighted by Crippen LogP contribution is -2.41. The first-order valence-corrected chi connectivity index (χ1v) is 10.0. The fourth-order valence-corrected chi connectivity index (χ4v) is 3.74. The van der Waals surface area contributed by atoms with Gasteiger partial charge in [0.2, 0.25) is 5.91 Å². The minimum absolute atomic E-state index is 0. The van der Waals surface area contributed by atoms with Crippen LogP contribution in [0.5, 0.6) is 0 Å². The van der Waals surface area contributed by atoms with Crippen molar-refractivity contribution in [3.63, 3.8) is 0 Å². The molecule has 1 aliphatic carbocycles. The summed E-state index contributed by atoms with van der Waals surface area (Å²) in [5, 5.41) is 12.1. The van der Waals surface area contributed by atoms with Crippen molar-refractivity contribution in [2.75, 3.05) is 23.4 Å². The molecule has 4 N–H and O–H groups in total. The topological polar surface area (TPSA) is 82.3 Å². The van der Waals surface area contributed by atoms with Crippen LogP contribution >= 0.6 is 24.2 Å². The average Bonchev–Trinajstić information content (AvgIpc) is 3.40. The fourth-order valence-electron chi connectivity index (χ4n) is 2.79. The Morgan fingerprint density at radius 1 is 1.27 bits per heavy atom. The Balaban J connectivity index is 0.00000243. The van der Waals surface area contributed by atoms with Gasteiger partial charge in [-0.2, -0.15) is 11.8 Å². The average molecular weight is 399 g/mol. The van der Waals surface area contributed by atoms with Gasteiger partial charge in [-0.05, 0) is 37.5 Å². The van der Waals surface area contributed by atoms with Gasteiger partial charge in [0, 0.05) is 42.2 Å². The minimum Gasteiger partial charge on any atom is -0.350 e. The molecule has 8 heteroatoms. The van der Waals surface area contributed by atoms with E-state index in [1.54, 1.807) is 0 Å². The second-order valence-electron chi connectivity index (χ2n) is 6.71.